The Morgan fingerprint density at radius 1 is 1.03 bits per heavy atom. The summed E-state index contributed by atoms with van der Waals surface area (Å²) in [6.45, 7) is -0.410. The average molecular weight is 548 g/mol. The second-order valence-electron chi connectivity index (χ2n) is 7.67. The van der Waals surface area contributed by atoms with Gasteiger partial charge in [-0.2, -0.15) is 0 Å². The second-order valence-corrected chi connectivity index (χ2v) is 10.2. The first-order valence-corrected chi connectivity index (χ1v) is 11.6. The molecule has 0 spiro atoms. The van der Waals surface area contributed by atoms with Crippen molar-refractivity contribution in [3.8, 4) is 0 Å². The van der Waals surface area contributed by atoms with Crippen LogP contribution in [-0.2, 0) is 19.1 Å². The molecule has 0 radical (unpaired) electrons. The third-order valence-electron chi connectivity index (χ3n) is 6.15. The number of ether oxygens (including phenoxy) is 1. The standard InChI is InChI=1S/C20H18Br2ClNO5/c21-17-11-7-12(18(17)22)16-15(11)19(27)24(20(16)28)6-5-14(26)29-8-13(25)9-1-3-10(23)4-2-9/h1-4,11-12,15-18H,5-8H2/t11-,12-,15-,16+,17+,18+/m1/s1. The molecule has 2 aliphatic carbocycles. The zero-order valence-corrected chi connectivity index (χ0v) is 19.2. The van der Waals surface area contributed by atoms with Crippen LogP contribution in [0, 0.1) is 23.7 Å². The fraction of sp³-hybridized carbons (Fsp3) is 0.500. The maximum Gasteiger partial charge on any atom is 0.308 e. The highest BCUT2D eigenvalue weighted by Crippen LogP contribution is 2.60. The van der Waals surface area contributed by atoms with Crippen LogP contribution in [0.15, 0.2) is 24.3 Å². The summed E-state index contributed by atoms with van der Waals surface area (Å²) in [5, 5.41) is 0.508. The summed E-state index contributed by atoms with van der Waals surface area (Å²) in [5.41, 5.74) is 0.393. The van der Waals surface area contributed by atoms with Crippen LogP contribution in [0.3, 0.4) is 0 Å². The number of likely N-dealkylation sites (tertiary alicyclic amines) is 1. The molecule has 6 nitrogen and oxygen atoms in total. The molecule has 1 saturated heterocycles. The van der Waals surface area contributed by atoms with Crippen molar-refractivity contribution in [3.63, 3.8) is 0 Å². The average Bonchev–Trinajstić information content (AvgIpc) is 3.30. The van der Waals surface area contributed by atoms with Crippen molar-refractivity contribution in [1.82, 2.24) is 4.90 Å². The predicted octanol–water partition coefficient (Wildman–Crippen LogP) is 3.23. The molecule has 29 heavy (non-hydrogen) atoms. The van der Waals surface area contributed by atoms with Crippen molar-refractivity contribution < 1.29 is 23.9 Å². The number of amides is 2. The predicted molar refractivity (Wildman–Crippen MR) is 112 cm³/mol. The minimum atomic E-state index is -0.621. The molecule has 0 N–H and O–H groups in total. The Balaban J connectivity index is 1.30. The van der Waals surface area contributed by atoms with Gasteiger partial charge in [0.2, 0.25) is 11.8 Å². The fourth-order valence-corrected chi connectivity index (χ4v) is 6.77. The van der Waals surface area contributed by atoms with Crippen LogP contribution < -0.4 is 0 Å². The Morgan fingerprint density at radius 2 is 1.59 bits per heavy atom. The summed E-state index contributed by atoms with van der Waals surface area (Å²) in [6, 6.07) is 6.28. The quantitative estimate of drug-likeness (QED) is 0.237. The number of carbonyl (C=O) groups is 4. The first-order chi connectivity index (χ1) is 13.8. The zero-order chi connectivity index (χ0) is 20.9. The van der Waals surface area contributed by atoms with E-state index in [0.29, 0.717) is 10.6 Å². The zero-order valence-electron chi connectivity index (χ0n) is 15.2. The number of halogens is 3. The van der Waals surface area contributed by atoms with E-state index in [0.717, 1.165) is 6.42 Å². The summed E-state index contributed by atoms with van der Waals surface area (Å²) in [6.07, 6.45) is 0.733. The highest BCUT2D eigenvalue weighted by molar-refractivity contribution is 9.12. The minimum Gasteiger partial charge on any atom is -0.457 e. The van der Waals surface area contributed by atoms with Gasteiger partial charge < -0.3 is 4.74 Å². The Morgan fingerprint density at radius 3 is 2.14 bits per heavy atom. The van der Waals surface area contributed by atoms with Crippen molar-refractivity contribution >= 4 is 67.0 Å². The van der Waals surface area contributed by atoms with Gasteiger partial charge >= 0.3 is 5.97 Å². The van der Waals surface area contributed by atoms with Crippen molar-refractivity contribution in [2.24, 2.45) is 23.7 Å². The smallest absolute Gasteiger partial charge is 0.308 e. The molecule has 4 rings (SSSR count). The van der Waals surface area contributed by atoms with Crippen molar-refractivity contribution in [2.45, 2.75) is 22.5 Å². The Kier molecular flexibility index (Phi) is 5.88. The number of ketones is 1. The minimum absolute atomic E-state index is 0.0159. The van der Waals surface area contributed by atoms with Crippen LogP contribution >= 0.6 is 43.5 Å². The van der Waals surface area contributed by atoms with Gasteiger partial charge in [0, 0.05) is 26.8 Å². The summed E-state index contributed by atoms with van der Waals surface area (Å²) in [4.78, 5) is 51.2. The summed E-state index contributed by atoms with van der Waals surface area (Å²) in [7, 11) is 0. The third kappa shape index (κ3) is 3.68. The largest absolute Gasteiger partial charge is 0.457 e. The first kappa shape index (κ1) is 21.0. The molecule has 0 aromatic heterocycles. The Hall–Kier alpha value is -1.25. The molecule has 2 bridgehead atoms. The summed E-state index contributed by atoms with van der Waals surface area (Å²) in [5.74, 6) is -1.67. The number of fused-ring (bicyclic) bond motifs is 5. The number of hydrogen-bond acceptors (Lipinski definition) is 5. The highest BCUT2D eigenvalue weighted by Gasteiger charge is 2.66. The van der Waals surface area contributed by atoms with Gasteiger partial charge in [0.25, 0.3) is 0 Å². The molecule has 1 aliphatic heterocycles. The topological polar surface area (TPSA) is 80.8 Å². The van der Waals surface area contributed by atoms with Crippen LogP contribution in [0.2, 0.25) is 5.02 Å². The van der Waals surface area contributed by atoms with Gasteiger partial charge in [-0.3, -0.25) is 24.1 Å². The van der Waals surface area contributed by atoms with Gasteiger partial charge in [0.05, 0.1) is 18.3 Å². The number of nitrogens with zero attached hydrogens (tertiary/aromatic N) is 1. The number of Topliss-reactive ketones (excluding diaryl/α,β-unsaturated/α-hetero) is 1. The second kappa shape index (κ2) is 8.12. The number of carbonyl (C=O) groups excluding carboxylic acids is 4. The molecule has 1 heterocycles. The lowest BCUT2D eigenvalue weighted by Gasteiger charge is -2.28. The molecule has 3 fully saturated rings. The van der Waals surface area contributed by atoms with Crippen molar-refractivity contribution in [1.29, 1.82) is 0 Å². The number of benzene rings is 1. The maximum absolute atomic E-state index is 12.8. The number of esters is 1. The molecule has 9 heteroatoms. The van der Waals surface area contributed by atoms with E-state index < -0.39 is 12.6 Å². The van der Waals surface area contributed by atoms with Crippen molar-refractivity contribution in [3.05, 3.63) is 34.9 Å². The van der Waals surface area contributed by atoms with E-state index in [1.54, 1.807) is 24.3 Å². The number of imide groups is 1. The van der Waals surface area contributed by atoms with Crippen LogP contribution in [0.1, 0.15) is 23.2 Å². The lowest BCUT2D eigenvalue weighted by atomic mass is 9.81. The van der Waals surface area contributed by atoms with Gasteiger partial charge in [-0.05, 0) is 42.5 Å². The third-order valence-corrected chi connectivity index (χ3v) is 9.61. The molecule has 6 atom stereocenters. The van der Waals surface area contributed by atoms with E-state index in [2.05, 4.69) is 31.9 Å². The molecular weight excluding hydrogens is 529 g/mol. The van der Waals surface area contributed by atoms with Crippen LogP contribution in [0.5, 0.6) is 0 Å². The van der Waals surface area contributed by atoms with Gasteiger partial charge in [0.15, 0.2) is 12.4 Å². The van der Waals surface area contributed by atoms with Crippen LogP contribution in [-0.4, -0.2) is 51.3 Å². The Labute approximate surface area is 189 Å². The number of rotatable bonds is 6. The monoisotopic (exact) mass is 545 g/mol. The van der Waals surface area contributed by atoms with Gasteiger partial charge in [-0.25, -0.2) is 0 Å². The summed E-state index contributed by atoms with van der Waals surface area (Å²) >= 11 is 13.1. The molecule has 2 amide bonds. The Bertz CT molecular complexity index is 844. The molecule has 154 valence electrons. The van der Waals surface area contributed by atoms with E-state index in [4.69, 9.17) is 16.3 Å². The van der Waals surface area contributed by atoms with E-state index in [-0.39, 0.29) is 63.9 Å². The van der Waals surface area contributed by atoms with E-state index in [1.165, 1.54) is 4.90 Å². The van der Waals surface area contributed by atoms with E-state index in [1.807, 2.05) is 0 Å². The number of hydrogen-bond donors (Lipinski definition) is 0. The normalized spacial score (nSPS) is 32.6. The molecule has 2 saturated carbocycles. The van der Waals surface area contributed by atoms with Crippen molar-refractivity contribution in [2.75, 3.05) is 13.2 Å². The lowest BCUT2D eigenvalue weighted by molar-refractivity contribution is -0.145. The maximum atomic E-state index is 12.8. The molecule has 1 aromatic rings. The van der Waals surface area contributed by atoms with Gasteiger partial charge in [-0.1, -0.05) is 43.5 Å². The number of alkyl halides is 2. The van der Waals surface area contributed by atoms with Gasteiger partial charge in [0.1, 0.15) is 0 Å². The first-order valence-electron chi connectivity index (χ1n) is 9.37. The van der Waals surface area contributed by atoms with Gasteiger partial charge in [-0.15, -0.1) is 0 Å². The van der Waals surface area contributed by atoms with Crippen LogP contribution in [0.25, 0.3) is 0 Å². The van der Waals surface area contributed by atoms with E-state index >= 15 is 0 Å². The van der Waals surface area contributed by atoms with Crippen LogP contribution in [0.4, 0.5) is 0 Å². The highest BCUT2D eigenvalue weighted by atomic mass is 79.9. The molecule has 0 unspecified atom stereocenters. The molecule has 1 aromatic carbocycles. The van der Waals surface area contributed by atoms with E-state index in [9.17, 15) is 19.2 Å². The SMILES string of the molecule is O=C(CCN1C(=O)[C@@H]2[C@H]3C[C@@H]([C@H](Br)[C@H]3Br)[C@@H]2C1=O)OCC(=O)c1ccc(Cl)cc1. The molecular formula is C20H18Br2ClNO5. The summed E-state index contributed by atoms with van der Waals surface area (Å²) < 4.78 is 5.02. The molecule has 3 aliphatic rings. The fourth-order valence-electron chi connectivity index (χ4n) is 4.77. The lowest BCUT2D eigenvalue weighted by Crippen LogP contribution is -2.37.